The Morgan fingerprint density at radius 3 is 2.81 bits per heavy atom. The van der Waals surface area contributed by atoms with Crippen molar-refractivity contribution in [2.75, 3.05) is 0 Å². The molecule has 0 radical (unpaired) electrons. The van der Waals surface area contributed by atoms with Gasteiger partial charge in [0.25, 0.3) is 0 Å². The first-order chi connectivity index (χ1) is 9.97. The fourth-order valence-corrected chi connectivity index (χ4v) is 5.18. The summed E-state index contributed by atoms with van der Waals surface area (Å²) in [5.74, 6) is 1.67. The molecule has 0 N–H and O–H groups in total. The van der Waals surface area contributed by atoms with Crippen molar-refractivity contribution in [3.8, 4) is 0 Å². The van der Waals surface area contributed by atoms with Gasteiger partial charge in [0.2, 0.25) is 0 Å². The molecule has 0 amide bonds. The predicted molar refractivity (Wildman–Crippen MR) is 88.1 cm³/mol. The van der Waals surface area contributed by atoms with E-state index in [4.69, 9.17) is 4.42 Å². The standard InChI is InChI=1S/C20H30O/c1-15-6-5-7-18-19(15,3)11-8-16(2)20(18,4)12-9-17-10-13-21-14-17/h6,10,13-14,16,18H,5,7-9,11-12H2,1-4H3/t16-,18+,19+,20+/m1/s1. The molecule has 1 saturated carbocycles. The second-order valence-corrected chi connectivity index (χ2v) is 8.01. The Balaban J connectivity index is 1.85. The molecule has 0 aromatic carbocycles. The third-order valence-corrected chi connectivity index (χ3v) is 7.13. The van der Waals surface area contributed by atoms with Crippen LogP contribution in [0.4, 0.5) is 0 Å². The van der Waals surface area contributed by atoms with Gasteiger partial charge < -0.3 is 4.42 Å². The van der Waals surface area contributed by atoms with Gasteiger partial charge in [-0.15, -0.1) is 0 Å². The van der Waals surface area contributed by atoms with Crippen LogP contribution in [-0.2, 0) is 6.42 Å². The van der Waals surface area contributed by atoms with Gasteiger partial charge >= 0.3 is 0 Å². The Hall–Kier alpha value is -0.980. The molecule has 1 aromatic heterocycles. The summed E-state index contributed by atoms with van der Waals surface area (Å²) in [5, 5.41) is 0. The Labute approximate surface area is 129 Å². The molecule has 3 rings (SSSR count). The summed E-state index contributed by atoms with van der Waals surface area (Å²) in [5.41, 5.74) is 3.91. The Morgan fingerprint density at radius 1 is 1.29 bits per heavy atom. The summed E-state index contributed by atoms with van der Waals surface area (Å²) >= 11 is 0. The van der Waals surface area contributed by atoms with E-state index in [1.807, 2.05) is 6.26 Å². The lowest BCUT2D eigenvalue weighted by atomic mass is 9.47. The van der Waals surface area contributed by atoms with E-state index >= 15 is 0 Å². The highest BCUT2D eigenvalue weighted by molar-refractivity contribution is 5.21. The second kappa shape index (κ2) is 5.34. The summed E-state index contributed by atoms with van der Waals surface area (Å²) in [6.45, 7) is 9.96. The Morgan fingerprint density at radius 2 is 2.10 bits per heavy atom. The summed E-state index contributed by atoms with van der Waals surface area (Å²) in [7, 11) is 0. The zero-order chi connectivity index (χ0) is 15.1. The minimum absolute atomic E-state index is 0.440. The lowest BCUT2D eigenvalue weighted by Crippen LogP contribution is -2.49. The van der Waals surface area contributed by atoms with E-state index in [1.165, 1.54) is 37.7 Å². The van der Waals surface area contributed by atoms with Crippen molar-refractivity contribution in [3.63, 3.8) is 0 Å². The fraction of sp³-hybridized carbons (Fsp3) is 0.700. The molecule has 0 aliphatic heterocycles. The van der Waals surface area contributed by atoms with E-state index in [1.54, 1.807) is 11.8 Å². The largest absolute Gasteiger partial charge is 0.472 e. The fourth-order valence-electron chi connectivity index (χ4n) is 5.18. The molecule has 0 unspecified atom stereocenters. The third kappa shape index (κ3) is 2.39. The molecule has 1 heteroatoms. The molecule has 1 aromatic rings. The molecule has 4 atom stereocenters. The van der Waals surface area contributed by atoms with Crippen molar-refractivity contribution in [3.05, 3.63) is 35.8 Å². The molecule has 1 fully saturated rings. The van der Waals surface area contributed by atoms with Gasteiger partial charge in [-0.3, -0.25) is 0 Å². The van der Waals surface area contributed by atoms with Gasteiger partial charge in [-0.25, -0.2) is 0 Å². The van der Waals surface area contributed by atoms with E-state index in [0.717, 1.165) is 18.3 Å². The van der Waals surface area contributed by atoms with Crippen molar-refractivity contribution < 1.29 is 4.42 Å². The summed E-state index contributed by atoms with van der Waals surface area (Å²) < 4.78 is 5.25. The van der Waals surface area contributed by atoms with Crippen LogP contribution < -0.4 is 0 Å². The molecular formula is C20H30O. The second-order valence-electron chi connectivity index (χ2n) is 8.01. The Bertz CT molecular complexity index is 512. The third-order valence-electron chi connectivity index (χ3n) is 7.13. The minimum atomic E-state index is 0.440. The first kappa shape index (κ1) is 14.9. The zero-order valence-corrected chi connectivity index (χ0v) is 14.1. The number of fused-ring (bicyclic) bond motifs is 1. The van der Waals surface area contributed by atoms with Crippen LogP contribution in [0.1, 0.15) is 65.4 Å². The molecule has 116 valence electrons. The highest BCUT2D eigenvalue weighted by Gasteiger charge is 2.52. The van der Waals surface area contributed by atoms with E-state index < -0.39 is 0 Å². The van der Waals surface area contributed by atoms with Gasteiger partial charge in [-0.2, -0.15) is 0 Å². The normalized spacial score (nSPS) is 39.7. The van der Waals surface area contributed by atoms with Crippen molar-refractivity contribution in [1.29, 1.82) is 0 Å². The number of allylic oxidation sites excluding steroid dienone is 2. The maximum absolute atomic E-state index is 5.25. The first-order valence-corrected chi connectivity index (χ1v) is 8.65. The number of aryl methyl sites for hydroxylation is 1. The number of rotatable bonds is 3. The zero-order valence-electron chi connectivity index (χ0n) is 14.1. The number of hydrogen-bond acceptors (Lipinski definition) is 1. The van der Waals surface area contributed by atoms with Gasteiger partial charge in [0.15, 0.2) is 0 Å². The lowest BCUT2D eigenvalue weighted by Gasteiger charge is -2.58. The predicted octanol–water partition coefficient (Wildman–Crippen LogP) is 6.01. The van der Waals surface area contributed by atoms with Gasteiger partial charge in [0.05, 0.1) is 12.5 Å². The average molecular weight is 286 g/mol. The highest BCUT2D eigenvalue weighted by Crippen LogP contribution is 2.61. The first-order valence-electron chi connectivity index (χ1n) is 8.65. The van der Waals surface area contributed by atoms with E-state index in [-0.39, 0.29) is 0 Å². The van der Waals surface area contributed by atoms with Gasteiger partial charge in [0, 0.05) is 0 Å². The van der Waals surface area contributed by atoms with Crippen LogP contribution in [0, 0.1) is 22.7 Å². The Kier molecular flexibility index (Phi) is 3.80. The van der Waals surface area contributed by atoms with E-state index in [9.17, 15) is 0 Å². The topological polar surface area (TPSA) is 13.1 Å². The van der Waals surface area contributed by atoms with Crippen LogP contribution in [0.3, 0.4) is 0 Å². The summed E-state index contributed by atoms with van der Waals surface area (Å²) in [6, 6.07) is 2.13. The van der Waals surface area contributed by atoms with Crippen molar-refractivity contribution in [1.82, 2.24) is 0 Å². The van der Waals surface area contributed by atoms with Crippen LogP contribution in [-0.4, -0.2) is 0 Å². The highest BCUT2D eigenvalue weighted by atomic mass is 16.3. The average Bonchev–Trinajstić information content (AvgIpc) is 2.97. The number of furan rings is 1. The molecule has 21 heavy (non-hydrogen) atoms. The summed E-state index contributed by atoms with van der Waals surface area (Å²) in [6.07, 6.45) is 14.1. The van der Waals surface area contributed by atoms with Crippen molar-refractivity contribution in [2.45, 2.75) is 66.2 Å². The van der Waals surface area contributed by atoms with Crippen molar-refractivity contribution >= 4 is 0 Å². The minimum Gasteiger partial charge on any atom is -0.472 e. The smallest absolute Gasteiger partial charge is 0.0934 e. The van der Waals surface area contributed by atoms with Gasteiger partial charge in [-0.1, -0.05) is 32.4 Å². The van der Waals surface area contributed by atoms with Gasteiger partial charge in [0.1, 0.15) is 0 Å². The van der Waals surface area contributed by atoms with Crippen LogP contribution in [0.5, 0.6) is 0 Å². The molecular weight excluding hydrogens is 256 g/mol. The van der Waals surface area contributed by atoms with Crippen LogP contribution in [0.15, 0.2) is 34.7 Å². The molecule has 0 saturated heterocycles. The maximum atomic E-state index is 5.25. The van der Waals surface area contributed by atoms with Crippen LogP contribution >= 0.6 is 0 Å². The lowest BCUT2D eigenvalue weighted by molar-refractivity contribution is -0.0466. The van der Waals surface area contributed by atoms with E-state index in [2.05, 4.69) is 39.8 Å². The summed E-state index contributed by atoms with van der Waals surface area (Å²) in [4.78, 5) is 0. The molecule has 2 aliphatic carbocycles. The molecule has 2 aliphatic rings. The quantitative estimate of drug-likeness (QED) is 0.620. The molecule has 1 nitrogen and oxygen atoms in total. The monoisotopic (exact) mass is 286 g/mol. The SMILES string of the molecule is CC1=CCC[C@@H]2[C@@](C)(CCc3ccoc3)[C@H](C)CC[C@@]12C. The molecule has 0 spiro atoms. The van der Waals surface area contributed by atoms with Gasteiger partial charge in [-0.05, 0) is 79.7 Å². The van der Waals surface area contributed by atoms with Crippen molar-refractivity contribution in [2.24, 2.45) is 22.7 Å². The van der Waals surface area contributed by atoms with Crippen LogP contribution in [0.25, 0.3) is 0 Å². The molecule has 0 bridgehead atoms. The molecule has 1 heterocycles. The van der Waals surface area contributed by atoms with Crippen LogP contribution in [0.2, 0.25) is 0 Å². The number of hydrogen-bond donors (Lipinski definition) is 0. The van der Waals surface area contributed by atoms with E-state index in [0.29, 0.717) is 10.8 Å². The maximum Gasteiger partial charge on any atom is 0.0934 e.